The van der Waals surface area contributed by atoms with Crippen molar-refractivity contribution in [1.82, 2.24) is 4.90 Å². The molecule has 0 radical (unpaired) electrons. The minimum absolute atomic E-state index is 0.0844. The van der Waals surface area contributed by atoms with Crippen molar-refractivity contribution in [2.75, 3.05) is 12.3 Å². The third kappa shape index (κ3) is 2.81. The summed E-state index contributed by atoms with van der Waals surface area (Å²) in [7, 11) is 0. The molecule has 6 nitrogen and oxygen atoms in total. The predicted molar refractivity (Wildman–Crippen MR) is 97.2 cm³/mol. The maximum Gasteiger partial charge on any atom is 0.262 e. The zero-order valence-electron chi connectivity index (χ0n) is 14.7. The molecule has 2 aromatic rings. The number of nitrogens with two attached hydrogens (primary N) is 1. The largest absolute Gasteiger partial charge is 0.507 e. The fraction of sp³-hybridized carbons (Fsp3) is 0.350. The van der Waals surface area contributed by atoms with Gasteiger partial charge in [0.05, 0.1) is 6.61 Å². The highest BCUT2D eigenvalue weighted by atomic mass is 16.5. The number of carbonyl (C=O) groups excluding carboxylic acids is 1. The number of benzene rings is 2. The quantitative estimate of drug-likeness (QED) is 0.734. The van der Waals surface area contributed by atoms with E-state index in [2.05, 4.69) is 0 Å². The Balaban J connectivity index is 1.67. The second kappa shape index (κ2) is 6.12. The van der Waals surface area contributed by atoms with Crippen LogP contribution in [0.5, 0.6) is 17.2 Å². The van der Waals surface area contributed by atoms with Crippen LogP contribution in [0.1, 0.15) is 39.9 Å². The van der Waals surface area contributed by atoms with Crippen LogP contribution in [0.3, 0.4) is 0 Å². The first-order valence-electron chi connectivity index (χ1n) is 8.79. The fourth-order valence-electron chi connectivity index (χ4n) is 3.35. The normalized spacial score (nSPS) is 15.8. The van der Waals surface area contributed by atoms with E-state index in [0.717, 1.165) is 24.0 Å². The second-order valence-corrected chi connectivity index (χ2v) is 7.14. The topological polar surface area (TPSA) is 96.0 Å². The van der Waals surface area contributed by atoms with Gasteiger partial charge in [0.15, 0.2) is 0 Å². The molecule has 1 heterocycles. The lowest BCUT2D eigenvalue weighted by Crippen LogP contribution is -2.26. The average Bonchev–Trinajstić information content (AvgIpc) is 3.32. The highest BCUT2D eigenvalue weighted by Gasteiger charge is 2.32. The van der Waals surface area contributed by atoms with E-state index in [9.17, 15) is 15.0 Å². The van der Waals surface area contributed by atoms with Gasteiger partial charge in [0.2, 0.25) is 0 Å². The van der Waals surface area contributed by atoms with Crippen molar-refractivity contribution >= 4 is 11.6 Å². The highest BCUT2D eigenvalue weighted by Crippen LogP contribution is 2.41. The number of anilines is 1. The molecule has 1 aliphatic heterocycles. The number of amides is 1. The lowest BCUT2D eigenvalue weighted by Gasteiger charge is -2.21. The molecule has 1 fully saturated rings. The zero-order valence-corrected chi connectivity index (χ0v) is 14.7. The molecular formula is C20H22N2O4. The third-order valence-electron chi connectivity index (χ3n) is 5.16. The summed E-state index contributed by atoms with van der Waals surface area (Å²) < 4.78 is 5.84. The molecule has 0 aromatic heterocycles. The number of phenols is 2. The highest BCUT2D eigenvalue weighted by molar-refractivity contribution is 6.00. The van der Waals surface area contributed by atoms with E-state index in [1.54, 1.807) is 11.8 Å². The van der Waals surface area contributed by atoms with Crippen molar-refractivity contribution in [2.24, 2.45) is 5.92 Å². The minimum Gasteiger partial charge on any atom is -0.507 e. The summed E-state index contributed by atoms with van der Waals surface area (Å²) in [6.45, 7) is 2.99. The Morgan fingerprint density at radius 2 is 2.04 bits per heavy atom. The first-order valence-corrected chi connectivity index (χ1v) is 8.79. The Labute approximate surface area is 151 Å². The van der Waals surface area contributed by atoms with E-state index in [0.29, 0.717) is 36.9 Å². The summed E-state index contributed by atoms with van der Waals surface area (Å²) in [5.74, 6) is 0.0691. The molecule has 4 N–H and O–H groups in total. The second-order valence-electron chi connectivity index (χ2n) is 7.14. The van der Waals surface area contributed by atoms with Crippen LogP contribution in [-0.2, 0) is 13.1 Å². The summed E-state index contributed by atoms with van der Waals surface area (Å²) in [5.41, 5.74) is 9.20. The average molecular weight is 354 g/mol. The number of hydrogen-bond donors (Lipinski definition) is 3. The van der Waals surface area contributed by atoms with Gasteiger partial charge in [-0.1, -0.05) is 12.1 Å². The van der Waals surface area contributed by atoms with E-state index >= 15 is 0 Å². The first kappa shape index (κ1) is 16.6. The molecule has 1 amide bonds. The molecule has 1 saturated carbocycles. The lowest BCUT2D eigenvalue weighted by molar-refractivity contribution is 0.0743. The van der Waals surface area contributed by atoms with Crippen molar-refractivity contribution in [2.45, 2.75) is 32.9 Å². The molecule has 2 aromatic carbocycles. The summed E-state index contributed by atoms with van der Waals surface area (Å²) in [6, 6.07) is 6.84. The first-order chi connectivity index (χ1) is 12.5. The number of carbonyl (C=O) groups is 1. The van der Waals surface area contributed by atoms with Crippen LogP contribution in [0.4, 0.5) is 5.69 Å². The lowest BCUT2D eigenvalue weighted by atomic mass is 10.1. The summed E-state index contributed by atoms with van der Waals surface area (Å²) in [5, 5.41) is 20.4. The molecule has 2 aliphatic rings. The van der Waals surface area contributed by atoms with Gasteiger partial charge >= 0.3 is 0 Å². The summed E-state index contributed by atoms with van der Waals surface area (Å²) in [6.07, 6.45) is 2.21. The van der Waals surface area contributed by atoms with Gasteiger partial charge in [-0.25, -0.2) is 0 Å². The van der Waals surface area contributed by atoms with Crippen LogP contribution >= 0.6 is 0 Å². The molecule has 0 unspecified atom stereocenters. The predicted octanol–water partition coefficient (Wildman–Crippen LogP) is 2.93. The van der Waals surface area contributed by atoms with Crippen molar-refractivity contribution in [1.29, 1.82) is 0 Å². The van der Waals surface area contributed by atoms with E-state index in [4.69, 9.17) is 10.5 Å². The van der Waals surface area contributed by atoms with E-state index in [-0.39, 0.29) is 28.7 Å². The Morgan fingerprint density at radius 1 is 1.27 bits per heavy atom. The number of nitrogen functional groups attached to an aromatic ring is 1. The molecule has 6 heteroatoms. The SMILES string of the molecule is Cc1c(O)cc(O)c(C(=O)N2Cc3cccc(N)c3C2)c1OCC1CC1. The summed E-state index contributed by atoms with van der Waals surface area (Å²) in [4.78, 5) is 14.8. The summed E-state index contributed by atoms with van der Waals surface area (Å²) >= 11 is 0. The number of rotatable bonds is 4. The van der Waals surface area contributed by atoms with Gasteiger partial charge in [-0.3, -0.25) is 4.79 Å². The molecule has 1 aliphatic carbocycles. The van der Waals surface area contributed by atoms with Crippen LogP contribution in [-0.4, -0.2) is 27.6 Å². The Morgan fingerprint density at radius 3 is 2.73 bits per heavy atom. The molecule has 0 bridgehead atoms. The van der Waals surface area contributed by atoms with E-state index in [1.807, 2.05) is 18.2 Å². The smallest absolute Gasteiger partial charge is 0.262 e. The van der Waals surface area contributed by atoms with Gasteiger partial charge in [0.25, 0.3) is 5.91 Å². The molecular weight excluding hydrogens is 332 g/mol. The van der Waals surface area contributed by atoms with E-state index in [1.165, 1.54) is 6.07 Å². The van der Waals surface area contributed by atoms with Crippen LogP contribution in [0, 0.1) is 12.8 Å². The standard InChI is InChI=1S/C20H22N2O4/c1-11-16(23)7-17(24)18(19(11)26-10-12-5-6-12)20(25)22-8-13-3-2-4-15(21)14(13)9-22/h2-4,7,12,23-24H,5-6,8-10,21H2,1H3. The van der Waals surface area contributed by atoms with Crippen molar-refractivity contribution < 1.29 is 19.7 Å². The van der Waals surface area contributed by atoms with Crippen molar-refractivity contribution in [3.05, 3.63) is 46.5 Å². The van der Waals surface area contributed by atoms with Gasteiger partial charge in [0.1, 0.15) is 22.8 Å². The minimum atomic E-state index is -0.327. The fourth-order valence-corrected chi connectivity index (χ4v) is 3.35. The molecule has 26 heavy (non-hydrogen) atoms. The van der Waals surface area contributed by atoms with Crippen LogP contribution in [0.2, 0.25) is 0 Å². The van der Waals surface area contributed by atoms with E-state index < -0.39 is 0 Å². The Kier molecular flexibility index (Phi) is 3.90. The van der Waals surface area contributed by atoms with Gasteiger partial charge in [-0.2, -0.15) is 0 Å². The van der Waals surface area contributed by atoms with Gasteiger partial charge in [0, 0.05) is 30.4 Å². The van der Waals surface area contributed by atoms with Crippen LogP contribution < -0.4 is 10.5 Å². The zero-order chi connectivity index (χ0) is 18.4. The number of ether oxygens (including phenoxy) is 1. The number of hydrogen-bond acceptors (Lipinski definition) is 5. The molecule has 0 saturated heterocycles. The van der Waals surface area contributed by atoms with Gasteiger partial charge < -0.3 is 25.6 Å². The monoisotopic (exact) mass is 354 g/mol. The van der Waals surface area contributed by atoms with Crippen LogP contribution in [0.15, 0.2) is 24.3 Å². The molecule has 4 rings (SSSR count). The maximum absolute atomic E-state index is 13.2. The Hall–Kier alpha value is -2.89. The molecule has 0 spiro atoms. The maximum atomic E-state index is 13.2. The number of fused-ring (bicyclic) bond motifs is 1. The number of nitrogens with zero attached hydrogens (tertiary/aromatic N) is 1. The number of aromatic hydroxyl groups is 2. The Bertz CT molecular complexity index is 890. The molecule has 0 atom stereocenters. The van der Waals surface area contributed by atoms with Gasteiger partial charge in [-0.15, -0.1) is 0 Å². The number of phenolic OH excluding ortho intramolecular Hbond substituents is 2. The molecule has 136 valence electrons. The third-order valence-corrected chi connectivity index (χ3v) is 5.16. The van der Waals surface area contributed by atoms with Crippen LogP contribution in [0.25, 0.3) is 0 Å². The van der Waals surface area contributed by atoms with Crippen molar-refractivity contribution in [3.8, 4) is 17.2 Å². The van der Waals surface area contributed by atoms with Crippen molar-refractivity contribution in [3.63, 3.8) is 0 Å². The van der Waals surface area contributed by atoms with Gasteiger partial charge in [-0.05, 0) is 42.9 Å².